The van der Waals surface area contributed by atoms with Crippen LogP contribution in [-0.2, 0) is 9.53 Å². The van der Waals surface area contributed by atoms with Crippen molar-refractivity contribution >= 4 is 23.2 Å². The molecule has 5 nitrogen and oxygen atoms in total. The van der Waals surface area contributed by atoms with E-state index in [1.807, 2.05) is 19.1 Å². The van der Waals surface area contributed by atoms with E-state index < -0.39 is 5.60 Å². The fourth-order valence-corrected chi connectivity index (χ4v) is 3.48. The number of ether oxygens (including phenoxy) is 1. The molecule has 126 valence electrons. The Morgan fingerprint density at radius 2 is 1.87 bits per heavy atom. The molecule has 2 aliphatic rings. The van der Waals surface area contributed by atoms with E-state index in [0.29, 0.717) is 39.1 Å². The van der Waals surface area contributed by atoms with Gasteiger partial charge in [0.2, 0.25) is 0 Å². The maximum atomic E-state index is 12.6. The van der Waals surface area contributed by atoms with E-state index in [2.05, 4.69) is 11.0 Å². The van der Waals surface area contributed by atoms with E-state index in [-0.39, 0.29) is 5.91 Å². The molecule has 0 aromatic heterocycles. The molecular weight excluding hydrogens is 316 g/mol. The minimum absolute atomic E-state index is 0.150. The number of carbonyl (C=O) groups is 1. The molecule has 6 heteroatoms. The third-order valence-electron chi connectivity index (χ3n) is 4.86. The Morgan fingerprint density at radius 1 is 1.22 bits per heavy atom. The molecule has 3 rings (SSSR count). The van der Waals surface area contributed by atoms with Crippen LogP contribution in [0.2, 0.25) is 5.02 Å². The largest absolute Gasteiger partial charge is 0.381 e. The number of hydrogen-bond donors (Lipinski definition) is 1. The lowest BCUT2D eigenvalue weighted by molar-refractivity contribution is -0.161. The number of nitrogens with zero attached hydrogens (tertiary/aromatic N) is 2. The molecule has 1 aromatic rings. The number of halogens is 1. The highest BCUT2D eigenvalue weighted by atomic mass is 35.5. The van der Waals surface area contributed by atoms with Gasteiger partial charge in [0.25, 0.3) is 5.91 Å². The van der Waals surface area contributed by atoms with Gasteiger partial charge in [-0.15, -0.1) is 0 Å². The van der Waals surface area contributed by atoms with Crippen LogP contribution in [0, 0.1) is 6.92 Å². The summed E-state index contributed by atoms with van der Waals surface area (Å²) in [4.78, 5) is 16.6. The van der Waals surface area contributed by atoms with Crippen molar-refractivity contribution in [1.82, 2.24) is 4.90 Å². The molecule has 23 heavy (non-hydrogen) atoms. The van der Waals surface area contributed by atoms with E-state index in [1.54, 1.807) is 4.90 Å². The van der Waals surface area contributed by atoms with Gasteiger partial charge in [-0.3, -0.25) is 4.79 Å². The molecule has 1 amide bonds. The van der Waals surface area contributed by atoms with Gasteiger partial charge in [0.05, 0.1) is 0 Å². The van der Waals surface area contributed by atoms with Crippen molar-refractivity contribution < 1.29 is 14.6 Å². The minimum atomic E-state index is -1.24. The van der Waals surface area contributed by atoms with E-state index in [4.69, 9.17) is 16.3 Å². The monoisotopic (exact) mass is 338 g/mol. The SMILES string of the molecule is Cc1c(Cl)cccc1N1CCN(C(=O)C2(O)CCOCC2)CC1. The minimum Gasteiger partial charge on any atom is -0.381 e. The van der Waals surface area contributed by atoms with Crippen LogP contribution in [0.15, 0.2) is 18.2 Å². The predicted molar refractivity (Wildman–Crippen MR) is 90.0 cm³/mol. The van der Waals surface area contributed by atoms with Crippen LogP contribution in [0.4, 0.5) is 5.69 Å². The lowest BCUT2D eigenvalue weighted by Crippen LogP contribution is -2.57. The third kappa shape index (κ3) is 3.32. The molecule has 0 atom stereocenters. The van der Waals surface area contributed by atoms with Crippen molar-refractivity contribution in [3.8, 4) is 0 Å². The maximum absolute atomic E-state index is 12.6. The van der Waals surface area contributed by atoms with Crippen LogP contribution >= 0.6 is 11.6 Å². The van der Waals surface area contributed by atoms with Gasteiger partial charge in [-0.1, -0.05) is 17.7 Å². The zero-order chi connectivity index (χ0) is 16.4. The first kappa shape index (κ1) is 16.6. The van der Waals surface area contributed by atoms with E-state index in [0.717, 1.165) is 29.4 Å². The molecule has 2 saturated heterocycles. The lowest BCUT2D eigenvalue weighted by Gasteiger charge is -2.41. The number of carbonyl (C=O) groups excluding carboxylic acids is 1. The van der Waals surface area contributed by atoms with Crippen LogP contribution < -0.4 is 4.90 Å². The van der Waals surface area contributed by atoms with Crippen LogP contribution in [0.5, 0.6) is 0 Å². The summed E-state index contributed by atoms with van der Waals surface area (Å²) in [5.74, 6) is -0.150. The second-order valence-corrected chi connectivity index (χ2v) is 6.71. The molecule has 0 spiro atoms. The smallest absolute Gasteiger partial charge is 0.254 e. The molecule has 1 aromatic carbocycles. The molecule has 0 unspecified atom stereocenters. The van der Waals surface area contributed by atoms with Gasteiger partial charge in [-0.25, -0.2) is 0 Å². The molecule has 2 heterocycles. The number of benzene rings is 1. The summed E-state index contributed by atoms with van der Waals surface area (Å²) in [6.07, 6.45) is 0.777. The van der Waals surface area contributed by atoms with Crippen molar-refractivity contribution in [2.24, 2.45) is 0 Å². The topological polar surface area (TPSA) is 53.0 Å². The fraction of sp³-hybridized carbons (Fsp3) is 0.588. The average Bonchev–Trinajstić information content (AvgIpc) is 2.58. The Morgan fingerprint density at radius 3 is 2.52 bits per heavy atom. The second-order valence-electron chi connectivity index (χ2n) is 6.31. The Balaban J connectivity index is 1.64. The van der Waals surface area contributed by atoms with Gasteiger partial charge < -0.3 is 19.6 Å². The summed E-state index contributed by atoms with van der Waals surface area (Å²) in [6.45, 7) is 5.65. The molecular formula is C17H23ClN2O3. The molecule has 2 aliphatic heterocycles. The third-order valence-corrected chi connectivity index (χ3v) is 5.27. The van der Waals surface area contributed by atoms with Gasteiger partial charge >= 0.3 is 0 Å². The van der Waals surface area contributed by atoms with Gasteiger partial charge in [-0.05, 0) is 24.6 Å². The van der Waals surface area contributed by atoms with Crippen molar-refractivity contribution in [3.63, 3.8) is 0 Å². The summed E-state index contributed by atoms with van der Waals surface area (Å²) in [5, 5.41) is 11.3. The van der Waals surface area contributed by atoms with Crippen LogP contribution in [0.1, 0.15) is 18.4 Å². The molecule has 1 N–H and O–H groups in total. The van der Waals surface area contributed by atoms with Gasteiger partial charge in [0, 0.05) is 62.9 Å². The number of piperazine rings is 1. The first-order valence-electron chi connectivity index (χ1n) is 8.11. The Bertz CT molecular complexity index is 579. The zero-order valence-corrected chi connectivity index (χ0v) is 14.2. The standard InChI is InChI=1S/C17H23ClN2O3/c1-13-14(18)3-2-4-15(13)19-7-9-20(10-8-19)16(21)17(22)5-11-23-12-6-17/h2-4,22H,5-12H2,1H3. The maximum Gasteiger partial charge on any atom is 0.254 e. The number of amides is 1. The molecule has 0 saturated carbocycles. The number of aliphatic hydroxyl groups is 1. The highest BCUT2D eigenvalue weighted by molar-refractivity contribution is 6.31. The Kier molecular flexibility index (Phi) is 4.80. The van der Waals surface area contributed by atoms with Crippen LogP contribution in [-0.4, -0.2) is 60.9 Å². The fourth-order valence-electron chi connectivity index (χ4n) is 3.31. The van der Waals surface area contributed by atoms with Crippen LogP contribution in [0.3, 0.4) is 0 Å². The summed E-state index contributed by atoms with van der Waals surface area (Å²) in [7, 11) is 0. The van der Waals surface area contributed by atoms with Crippen LogP contribution in [0.25, 0.3) is 0 Å². The summed E-state index contributed by atoms with van der Waals surface area (Å²) < 4.78 is 5.25. The van der Waals surface area contributed by atoms with E-state index >= 15 is 0 Å². The molecule has 0 aliphatic carbocycles. The average molecular weight is 339 g/mol. The van der Waals surface area contributed by atoms with Gasteiger partial charge in [0.1, 0.15) is 5.60 Å². The highest BCUT2D eigenvalue weighted by Crippen LogP contribution is 2.28. The number of hydrogen-bond acceptors (Lipinski definition) is 4. The van der Waals surface area contributed by atoms with Crippen molar-refractivity contribution in [2.45, 2.75) is 25.4 Å². The molecule has 0 bridgehead atoms. The lowest BCUT2D eigenvalue weighted by atomic mass is 9.92. The Hall–Kier alpha value is -1.30. The van der Waals surface area contributed by atoms with E-state index in [1.165, 1.54) is 0 Å². The summed E-state index contributed by atoms with van der Waals surface area (Å²) >= 11 is 6.20. The predicted octanol–water partition coefficient (Wildman–Crippen LogP) is 1.84. The first-order valence-corrected chi connectivity index (χ1v) is 8.49. The zero-order valence-electron chi connectivity index (χ0n) is 13.4. The normalized spacial score (nSPS) is 21.3. The quantitative estimate of drug-likeness (QED) is 0.894. The van der Waals surface area contributed by atoms with Gasteiger partial charge in [0.15, 0.2) is 0 Å². The summed E-state index contributed by atoms with van der Waals surface area (Å²) in [5.41, 5.74) is 0.943. The molecule has 2 fully saturated rings. The van der Waals surface area contributed by atoms with Crippen molar-refractivity contribution in [1.29, 1.82) is 0 Å². The van der Waals surface area contributed by atoms with Gasteiger partial charge in [-0.2, -0.15) is 0 Å². The number of rotatable bonds is 2. The Labute approximate surface area is 141 Å². The highest BCUT2D eigenvalue weighted by Gasteiger charge is 2.41. The van der Waals surface area contributed by atoms with Crippen molar-refractivity contribution in [3.05, 3.63) is 28.8 Å². The molecule has 0 radical (unpaired) electrons. The second kappa shape index (κ2) is 6.67. The number of anilines is 1. The first-order chi connectivity index (χ1) is 11.0. The van der Waals surface area contributed by atoms with Crippen molar-refractivity contribution in [2.75, 3.05) is 44.3 Å². The summed E-state index contributed by atoms with van der Waals surface area (Å²) in [6, 6.07) is 5.90. The van der Waals surface area contributed by atoms with E-state index in [9.17, 15) is 9.90 Å².